The van der Waals surface area contributed by atoms with Crippen molar-refractivity contribution < 1.29 is 17.6 Å². The molecule has 32 heavy (non-hydrogen) atoms. The van der Waals surface area contributed by atoms with Crippen LogP contribution < -0.4 is 10.0 Å². The van der Waals surface area contributed by atoms with Crippen LogP contribution in [0.3, 0.4) is 0 Å². The van der Waals surface area contributed by atoms with Crippen molar-refractivity contribution in [2.24, 2.45) is 0 Å². The molecule has 0 unspecified atom stereocenters. The monoisotopic (exact) mass is 527 g/mol. The van der Waals surface area contributed by atoms with E-state index in [9.17, 15) is 13.2 Å². The molecule has 0 radical (unpaired) electrons. The minimum absolute atomic E-state index is 0.0286. The summed E-state index contributed by atoms with van der Waals surface area (Å²) in [6, 6.07) is 4.41. The zero-order valence-corrected chi connectivity index (χ0v) is 20.6. The highest BCUT2D eigenvalue weighted by atomic mass is 35.5. The highest BCUT2D eigenvalue weighted by molar-refractivity contribution is 8.26. The van der Waals surface area contributed by atoms with Gasteiger partial charge in [0.15, 0.2) is 0 Å². The number of thioether (sulfide) groups is 1. The Bertz CT molecular complexity index is 1390. The topological polar surface area (TPSA) is 101 Å². The Morgan fingerprint density at radius 2 is 1.91 bits per heavy atom. The second-order valence-corrected chi connectivity index (χ2v) is 11.3. The molecule has 1 aromatic carbocycles. The number of amides is 1. The quantitative estimate of drug-likeness (QED) is 0.356. The fraction of sp³-hybridized carbons (Fsp3) is 0.150. The fourth-order valence-corrected chi connectivity index (χ4v) is 6.64. The van der Waals surface area contributed by atoms with Gasteiger partial charge < -0.3 is 9.73 Å². The molecule has 1 aliphatic rings. The average molecular weight is 528 g/mol. The van der Waals surface area contributed by atoms with Crippen LogP contribution in [0.2, 0.25) is 10.0 Å². The number of thiocarbonyl (C=S) groups is 1. The minimum atomic E-state index is -3.89. The molecule has 7 nitrogen and oxygen atoms in total. The molecule has 1 fully saturated rings. The van der Waals surface area contributed by atoms with Crippen molar-refractivity contribution in [2.45, 2.75) is 24.8 Å². The second kappa shape index (κ2) is 8.77. The number of nitrogens with one attached hydrogen (secondary N) is 2. The third-order valence-electron chi connectivity index (χ3n) is 4.33. The molecule has 12 heteroatoms. The lowest BCUT2D eigenvalue weighted by atomic mass is 10.1. The summed E-state index contributed by atoms with van der Waals surface area (Å²) in [7, 11) is -3.89. The maximum absolute atomic E-state index is 12.6. The summed E-state index contributed by atoms with van der Waals surface area (Å²) in [5.74, 6) is 0.151. The molecule has 0 bridgehead atoms. The summed E-state index contributed by atoms with van der Waals surface area (Å²) in [6.45, 7) is 3.40. The number of halogens is 2. The molecule has 0 saturated carbocycles. The summed E-state index contributed by atoms with van der Waals surface area (Å²) >= 11 is 18.8. The maximum atomic E-state index is 12.6. The zero-order chi connectivity index (χ0) is 23.2. The van der Waals surface area contributed by atoms with Crippen molar-refractivity contribution in [3.05, 3.63) is 51.3 Å². The first-order chi connectivity index (χ1) is 15.0. The van der Waals surface area contributed by atoms with Crippen molar-refractivity contribution in [1.29, 1.82) is 0 Å². The van der Waals surface area contributed by atoms with E-state index in [-0.39, 0.29) is 26.9 Å². The van der Waals surface area contributed by atoms with Gasteiger partial charge in [0.1, 0.15) is 20.6 Å². The van der Waals surface area contributed by atoms with Gasteiger partial charge in [-0.3, -0.25) is 9.78 Å². The summed E-state index contributed by atoms with van der Waals surface area (Å²) in [6.07, 6.45) is 4.78. The van der Waals surface area contributed by atoms with Crippen LogP contribution in [-0.2, 0) is 14.8 Å². The molecule has 3 heterocycles. The van der Waals surface area contributed by atoms with E-state index in [0.29, 0.717) is 37.1 Å². The molecule has 0 atom stereocenters. The van der Waals surface area contributed by atoms with Gasteiger partial charge in [-0.1, -0.05) is 47.2 Å². The van der Waals surface area contributed by atoms with E-state index in [0.717, 1.165) is 11.8 Å². The number of carbonyl (C=O) groups is 1. The Kier molecular flexibility index (Phi) is 6.36. The van der Waals surface area contributed by atoms with Crippen molar-refractivity contribution in [3.63, 3.8) is 0 Å². The van der Waals surface area contributed by atoms with Gasteiger partial charge in [0.05, 0.1) is 15.0 Å². The van der Waals surface area contributed by atoms with Crippen molar-refractivity contribution in [3.8, 4) is 11.1 Å². The van der Waals surface area contributed by atoms with Crippen LogP contribution in [0.5, 0.6) is 0 Å². The predicted molar refractivity (Wildman–Crippen MR) is 131 cm³/mol. The summed E-state index contributed by atoms with van der Waals surface area (Å²) < 4.78 is 34.0. The number of carbonyl (C=O) groups excluding carboxylic acids is 1. The number of furan rings is 1. The lowest BCUT2D eigenvalue weighted by molar-refractivity contribution is -0.115. The first kappa shape index (κ1) is 23.2. The van der Waals surface area contributed by atoms with Crippen LogP contribution >= 0.6 is 47.2 Å². The van der Waals surface area contributed by atoms with Crippen LogP contribution in [0.4, 0.5) is 0 Å². The largest absolute Gasteiger partial charge is 0.456 e. The SMILES string of the molecule is CC(C)NS(=O)(=O)c1c(Cl)cc(-c2cncc3cc(/C=C4/SC(=S)NC4=O)oc23)cc1Cl. The molecule has 2 N–H and O–H groups in total. The number of hydrogen-bond donors (Lipinski definition) is 2. The number of aromatic nitrogens is 1. The Labute approximate surface area is 203 Å². The molecule has 1 saturated heterocycles. The van der Waals surface area contributed by atoms with Gasteiger partial charge in [-0.15, -0.1) is 0 Å². The van der Waals surface area contributed by atoms with Crippen LogP contribution in [0.25, 0.3) is 28.2 Å². The molecule has 0 aliphatic carbocycles. The predicted octanol–water partition coefficient (Wildman–Crippen LogP) is 4.98. The molecular weight excluding hydrogens is 513 g/mol. The maximum Gasteiger partial charge on any atom is 0.263 e. The molecule has 1 amide bonds. The number of benzene rings is 1. The molecule has 4 rings (SSSR count). The highest BCUT2D eigenvalue weighted by Crippen LogP contribution is 2.38. The van der Waals surface area contributed by atoms with Crippen LogP contribution in [0.15, 0.2) is 44.8 Å². The van der Waals surface area contributed by atoms with Crippen molar-refractivity contribution in [2.75, 3.05) is 0 Å². The van der Waals surface area contributed by atoms with Gasteiger partial charge in [-0.05, 0) is 37.6 Å². The Balaban J connectivity index is 1.79. The number of nitrogens with zero attached hydrogens (tertiary/aromatic N) is 1. The molecule has 0 spiro atoms. The van der Waals surface area contributed by atoms with Gasteiger partial charge >= 0.3 is 0 Å². The smallest absolute Gasteiger partial charge is 0.263 e. The number of fused-ring (bicyclic) bond motifs is 1. The Morgan fingerprint density at radius 3 is 2.50 bits per heavy atom. The van der Waals surface area contributed by atoms with E-state index in [2.05, 4.69) is 15.0 Å². The normalized spacial score (nSPS) is 15.8. The molecule has 2 aromatic heterocycles. The van der Waals surface area contributed by atoms with E-state index in [1.165, 1.54) is 12.1 Å². The van der Waals surface area contributed by atoms with Gasteiger partial charge in [-0.2, -0.15) is 0 Å². The number of sulfonamides is 1. The summed E-state index contributed by atoms with van der Waals surface area (Å²) in [5.41, 5.74) is 1.58. The lowest BCUT2D eigenvalue weighted by Gasteiger charge is -2.14. The summed E-state index contributed by atoms with van der Waals surface area (Å²) in [4.78, 5) is 16.4. The van der Waals surface area contributed by atoms with Gasteiger partial charge in [0.25, 0.3) is 5.91 Å². The molecule has 166 valence electrons. The van der Waals surface area contributed by atoms with E-state index in [1.807, 2.05) is 0 Å². The number of hydrogen-bond acceptors (Lipinski definition) is 7. The first-order valence-corrected chi connectivity index (χ1v) is 12.7. The second-order valence-electron chi connectivity index (χ2n) is 7.15. The van der Waals surface area contributed by atoms with Crippen molar-refractivity contribution in [1.82, 2.24) is 15.0 Å². The molecular formula is C20H15Cl2N3O4S3. The zero-order valence-electron chi connectivity index (χ0n) is 16.6. The van der Waals surface area contributed by atoms with Crippen LogP contribution in [0, 0.1) is 0 Å². The van der Waals surface area contributed by atoms with Crippen molar-refractivity contribution >= 4 is 84.5 Å². The van der Waals surface area contributed by atoms with Crippen LogP contribution in [0.1, 0.15) is 19.6 Å². The number of pyridine rings is 1. The average Bonchev–Trinajstić information content (AvgIpc) is 3.21. The minimum Gasteiger partial charge on any atom is -0.456 e. The van der Waals surface area contributed by atoms with E-state index < -0.39 is 10.0 Å². The van der Waals surface area contributed by atoms with Crippen LogP contribution in [-0.4, -0.2) is 29.7 Å². The highest BCUT2D eigenvalue weighted by Gasteiger charge is 2.25. The van der Waals surface area contributed by atoms with Gasteiger partial charge in [-0.25, -0.2) is 13.1 Å². The Hall–Kier alpha value is -1.95. The standard InChI is InChI=1S/C20H15Cl2N3O4S3/c1-9(2)25-32(27,28)18-14(21)4-10(5-15(18)22)13-8-23-7-11-3-12(29-17(11)13)6-16-19(26)24-20(30)31-16/h3-9,25H,1-2H3,(H,24,26,30)/b16-6+. The molecule has 1 aliphatic heterocycles. The van der Waals surface area contributed by atoms with Gasteiger partial charge in [0.2, 0.25) is 10.0 Å². The Morgan fingerprint density at radius 1 is 1.22 bits per heavy atom. The summed E-state index contributed by atoms with van der Waals surface area (Å²) in [5, 5.41) is 3.18. The van der Waals surface area contributed by atoms with E-state index in [4.69, 9.17) is 39.8 Å². The van der Waals surface area contributed by atoms with Gasteiger partial charge in [0, 0.05) is 35.5 Å². The first-order valence-electron chi connectivity index (χ1n) is 9.19. The van der Waals surface area contributed by atoms with E-state index >= 15 is 0 Å². The third kappa shape index (κ3) is 4.57. The lowest BCUT2D eigenvalue weighted by Crippen LogP contribution is -2.30. The number of rotatable bonds is 5. The third-order valence-corrected chi connectivity index (χ3v) is 8.07. The van der Waals surface area contributed by atoms with E-state index in [1.54, 1.807) is 38.4 Å². The molecule has 3 aromatic rings. The fourth-order valence-electron chi connectivity index (χ4n) is 3.15.